The van der Waals surface area contributed by atoms with Crippen molar-refractivity contribution in [1.82, 2.24) is 9.78 Å². The molecule has 1 aromatic carbocycles. The molecule has 0 amide bonds. The zero-order valence-corrected chi connectivity index (χ0v) is 14.2. The fourth-order valence-electron chi connectivity index (χ4n) is 2.58. The maximum Gasteiger partial charge on any atom is 0.0624 e. The third kappa shape index (κ3) is 3.95. The van der Waals surface area contributed by atoms with E-state index in [4.69, 9.17) is 0 Å². The van der Waals surface area contributed by atoms with Gasteiger partial charge in [-0.1, -0.05) is 52.7 Å². The van der Waals surface area contributed by atoms with E-state index >= 15 is 0 Å². The van der Waals surface area contributed by atoms with E-state index in [0.717, 1.165) is 24.6 Å². The molecule has 0 spiro atoms. The fourth-order valence-corrected chi connectivity index (χ4v) is 3.04. The highest BCUT2D eigenvalue weighted by molar-refractivity contribution is 9.09. The lowest BCUT2D eigenvalue weighted by molar-refractivity contribution is 0.556. The highest BCUT2D eigenvalue weighted by Crippen LogP contribution is 2.18. The van der Waals surface area contributed by atoms with Crippen molar-refractivity contribution in [2.75, 3.05) is 5.33 Å². The first-order chi connectivity index (χ1) is 9.62. The molecule has 2 aromatic rings. The van der Waals surface area contributed by atoms with E-state index in [1.54, 1.807) is 0 Å². The topological polar surface area (TPSA) is 17.8 Å². The van der Waals surface area contributed by atoms with Crippen LogP contribution < -0.4 is 0 Å². The van der Waals surface area contributed by atoms with Crippen LogP contribution in [0.4, 0.5) is 0 Å². The van der Waals surface area contributed by atoms with E-state index in [9.17, 15) is 0 Å². The second-order valence-corrected chi connectivity index (χ2v) is 6.17. The Morgan fingerprint density at radius 1 is 1.25 bits per heavy atom. The number of halogens is 1. The summed E-state index contributed by atoms with van der Waals surface area (Å²) in [6.07, 6.45) is 3.19. The Hall–Kier alpha value is -1.09. The van der Waals surface area contributed by atoms with Crippen molar-refractivity contribution in [3.63, 3.8) is 0 Å². The van der Waals surface area contributed by atoms with Crippen LogP contribution >= 0.6 is 15.9 Å². The second-order valence-electron chi connectivity index (χ2n) is 5.52. The normalized spacial score (nSPS) is 12.6. The zero-order valence-electron chi connectivity index (χ0n) is 12.6. The standard InChI is InChI=1S/C17H23BrN2/c1-4-16-11-17(20(3)19-16)10-15(12-18)9-14-7-5-6-13(2)8-14/h5-8,11,15H,4,9-10,12H2,1-3H3. The van der Waals surface area contributed by atoms with Gasteiger partial charge in [0, 0.05) is 18.1 Å². The molecule has 1 atom stereocenters. The van der Waals surface area contributed by atoms with Crippen molar-refractivity contribution in [2.24, 2.45) is 13.0 Å². The molecule has 20 heavy (non-hydrogen) atoms. The lowest BCUT2D eigenvalue weighted by Crippen LogP contribution is -2.12. The monoisotopic (exact) mass is 334 g/mol. The van der Waals surface area contributed by atoms with Crippen LogP contribution in [0.15, 0.2) is 30.3 Å². The third-order valence-electron chi connectivity index (χ3n) is 3.71. The van der Waals surface area contributed by atoms with Crippen LogP contribution in [0.5, 0.6) is 0 Å². The summed E-state index contributed by atoms with van der Waals surface area (Å²) in [4.78, 5) is 0. The van der Waals surface area contributed by atoms with E-state index < -0.39 is 0 Å². The van der Waals surface area contributed by atoms with Crippen molar-refractivity contribution in [3.8, 4) is 0 Å². The Kier molecular flexibility index (Phi) is 5.41. The number of alkyl halides is 1. The van der Waals surface area contributed by atoms with Crippen molar-refractivity contribution in [3.05, 3.63) is 52.8 Å². The highest BCUT2D eigenvalue weighted by Gasteiger charge is 2.13. The summed E-state index contributed by atoms with van der Waals surface area (Å²) in [5.74, 6) is 0.608. The number of aryl methyl sites for hydroxylation is 3. The molecular formula is C17H23BrN2. The fraction of sp³-hybridized carbons (Fsp3) is 0.471. The summed E-state index contributed by atoms with van der Waals surface area (Å²) in [6.45, 7) is 4.31. The van der Waals surface area contributed by atoms with Crippen molar-refractivity contribution in [1.29, 1.82) is 0 Å². The lowest BCUT2D eigenvalue weighted by atomic mass is 9.95. The molecule has 0 saturated heterocycles. The second kappa shape index (κ2) is 7.07. The minimum Gasteiger partial charge on any atom is -0.272 e. The SMILES string of the molecule is CCc1cc(CC(CBr)Cc2cccc(C)c2)n(C)n1. The molecule has 1 unspecified atom stereocenters. The van der Waals surface area contributed by atoms with Gasteiger partial charge < -0.3 is 0 Å². The van der Waals surface area contributed by atoms with Gasteiger partial charge in [-0.05, 0) is 43.7 Å². The number of benzene rings is 1. The van der Waals surface area contributed by atoms with E-state index in [0.29, 0.717) is 5.92 Å². The molecular weight excluding hydrogens is 312 g/mol. The van der Waals surface area contributed by atoms with Gasteiger partial charge in [0.25, 0.3) is 0 Å². The number of hydrogen-bond donors (Lipinski definition) is 0. The molecule has 0 saturated carbocycles. The molecule has 108 valence electrons. The van der Waals surface area contributed by atoms with Gasteiger partial charge in [0.15, 0.2) is 0 Å². The summed E-state index contributed by atoms with van der Waals surface area (Å²) in [6, 6.07) is 11.1. The number of rotatable bonds is 6. The van der Waals surface area contributed by atoms with Crippen LogP contribution in [0.25, 0.3) is 0 Å². The van der Waals surface area contributed by atoms with Crippen LogP contribution in [-0.4, -0.2) is 15.1 Å². The minimum absolute atomic E-state index is 0.608. The third-order valence-corrected chi connectivity index (χ3v) is 4.63. The minimum atomic E-state index is 0.608. The molecule has 0 N–H and O–H groups in total. The molecule has 1 heterocycles. The van der Waals surface area contributed by atoms with Gasteiger partial charge in [0.2, 0.25) is 0 Å². The molecule has 0 aliphatic rings. The molecule has 0 aliphatic carbocycles. The van der Waals surface area contributed by atoms with Crippen LogP contribution in [0.2, 0.25) is 0 Å². The number of nitrogens with zero attached hydrogens (tertiary/aromatic N) is 2. The summed E-state index contributed by atoms with van der Waals surface area (Å²) in [5, 5.41) is 5.56. The number of aromatic nitrogens is 2. The van der Waals surface area contributed by atoms with Crippen molar-refractivity contribution < 1.29 is 0 Å². The van der Waals surface area contributed by atoms with Crippen LogP contribution in [0, 0.1) is 12.8 Å². The molecule has 2 rings (SSSR count). The molecule has 1 aromatic heterocycles. The van der Waals surface area contributed by atoms with Crippen molar-refractivity contribution in [2.45, 2.75) is 33.1 Å². The van der Waals surface area contributed by atoms with Gasteiger partial charge in [-0.2, -0.15) is 5.10 Å². The molecule has 0 bridgehead atoms. The van der Waals surface area contributed by atoms with E-state index in [-0.39, 0.29) is 0 Å². The van der Waals surface area contributed by atoms with Gasteiger partial charge >= 0.3 is 0 Å². The summed E-state index contributed by atoms with van der Waals surface area (Å²) >= 11 is 3.67. The van der Waals surface area contributed by atoms with Gasteiger partial charge in [0.1, 0.15) is 0 Å². The predicted octanol–water partition coefficient (Wildman–Crippen LogP) is 4.09. The number of hydrogen-bond acceptors (Lipinski definition) is 1. The largest absolute Gasteiger partial charge is 0.272 e. The van der Waals surface area contributed by atoms with Crippen LogP contribution in [0.1, 0.15) is 29.4 Å². The molecule has 0 fully saturated rings. The Morgan fingerprint density at radius 3 is 2.65 bits per heavy atom. The lowest BCUT2D eigenvalue weighted by Gasteiger charge is -2.14. The Morgan fingerprint density at radius 2 is 2.05 bits per heavy atom. The van der Waals surface area contributed by atoms with Gasteiger partial charge in [0.05, 0.1) is 5.69 Å². The van der Waals surface area contributed by atoms with E-state index in [1.165, 1.54) is 22.5 Å². The predicted molar refractivity (Wildman–Crippen MR) is 88.5 cm³/mol. The zero-order chi connectivity index (χ0) is 14.5. The Bertz CT molecular complexity index is 560. The quantitative estimate of drug-likeness (QED) is 0.727. The molecule has 0 radical (unpaired) electrons. The van der Waals surface area contributed by atoms with E-state index in [2.05, 4.69) is 65.2 Å². The Balaban J connectivity index is 2.06. The first-order valence-corrected chi connectivity index (χ1v) is 8.37. The summed E-state index contributed by atoms with van der Waals surface area (Å²) in [5.41, 5.74) is 5.28. The highest BCUT2D eigenvalue weighted by atomic mass is 79.9. The van der Waals surface area contributed by atoms with Crippen LogP contribution in [0.3, 0.4) is 0 Å². The van der Waals surface area contributed by atoms with Gasteiger partial charge in [-0.15, -0.1) is 0 Å². The average Bonchev–Trinajstić information content (AvgIpc) is 2.78. The average molecular weight is 335 g/mol. The van der Waals surface area contributed by atoms with Crippen molar-refractivity contribution >= 4 is 15.9 Å². The smallest absolute Gasteiger partial charge is 0.0624 e. The summed E-state index contributed by atoms with van der Waals surface area (Å²) < 4.78 is 2.03. The van der Waals surface area contributed by atoms with Gasteiger partial charge in [-0.3, -0.25) is 4.68 Å². The Labute approximate surface area is 130 Å². The van der Waals surface area contributed by atoms with Gasteiger partial charge in [-0.25, -0.2) is 0 Å². The first kappa shape index (κ1) is 15.3. The molecule has 2 nitrogen and oxygen atoms in total. The summed E-state index contributed by atoms with van der Waals surface area (Å²) in [7, 11) is 2.05. The molecule has 0 aliphatic heterocycles. The first-order valence-electron chi connectivity index (χ1n) is 7.25. The maximum absolute atomic E-state index is 4.54. The van der Waals surface area contributed by atoms with Crippen LogP contribution in [-0.2, 0) is 26.3 Å². The van der Waals surface area contributed by atoms with E-state index in [1.807, 2.05) is 11.7 Å². The maximum atomic E-state index is 4.54. The molecule has 3 heteroatoms.